The Kier molecular flexibility index (Phi) is 12.9. The van der Waals surface area contributed by atoms with Crippen LogP contribution in [0.1, 0.15) is 78.4 Å². The Morgan fingerprint density at radius 3 is 1.86 bits per heavy atom. The highest BCUT2D eigenvalue weighted by Gasteiger charge is 2.20. The van der Waals surface area contributed by atoms with Crippen LogP contribution in [0.5, 0.6) is 0 Å². The number of hydrogen-bond acceptors (Lipinski definition) is 2. The maximum Gasteiger partial charge on any atom is 0.0431 e. The third-order valence-electron chi connectivity index (χ3n) is 6.74. The molecule has 0 radical (unpaired) electrons. The maximum absolute atomic E-state index is 4.46. The molecule has 3 aromatic rings. The highest BCUT2D eigenvalue weighted by molar-refractivity contribution is 5.85. The van der Waals surface area contributed by atoms with Crippen molar-refractivity contribution in [2.45, 2.75) is 67.2 Å². The molecule has 0 bridgehead atoms. The molecule has 1 aliphatic rings. The Hall–Kier alpha value is -3.00. The van der Waals surface area contributed by atoms with Crippen molar-refractivity contribution < 1.29 is 0 Å². The zero-order valence-corrected chi connectivity index (χ0v) is 23.7. The Bertz CT molecular complexity index is 1070. The summed E-state index contributed by atoms with van der Waals surface area (Å²) < 4.78 is 0. The van der Waals surface area contributed by atoms with Crippen molar-refractivity contribution in [3.05, 3.63) is 96.1 Å². The first-order valence-electron chi connectivity index (χ1n) is 14.2. The average molecular weight is 485 g/mol. The van der Waals surface area contributed by atoms with E-state index in [-0.39, 0.29) is 0 Å². The SMILES string of the molecule is C=C(c1ccc2ccccc2c1)N(CC)CCCN(CC)C(=C1CCC1)c1ccccc1.CC.CC. The topological polar surface area (TPSA) is 6.48 Å². The second-order valence-electron chi connectivity index (χ2n) is 8.69. The lowest BCUT2D eigenvalue weighted by atomic mass is 9.87. The van der Waals surface area contributed by atoms with Gasteiger partial charge in [-0.2, -0.15) is 0 Å². The van der Waals surface area contributed by atoms with Gasteiger partial charge < -0.3 is 9.80 Å². The van der Waals surface area contributed by atoms with Crippen LogP contribution in [0, 0.1) is 0 Å². The summed E-state index contributed by atoms with van der Waals surface area (Å²) in [6.07, 6.45) is 4.96. The van der Waals surface area contributed by atoms with Crippen molar-refractivity contribution in [1.82, 2.24) is 9.80 Å². The van der Waals surface area contributed by atoms with E-state index >= 15 is 0 Å². The van der Waals surface area contributed by atoms with E-state index in [0.29, 0.717) is 0 Å². The van der Waals surface area contributed by atoms with Crippen LogP contribution in [0.4, 0.5) is 0 Å². The van der Waals surface area contributed by atoms with Crippen LogP contribution < -0.4 is 0 Å². The Labute approximate surface area is 221 Å². The van der Waals surface area contributed by atoms with Gasteiger partial charge >= 0.3 is 0 Å². The summed E-state index contributed by atoms with van der Waals surface area (Å²) in [5, 5.41) is 2.56. The molecule has 1 aliphatic carbocycles. The molecule has 0 N–H and O–H groups in total. The molecule has 0 saturated heterocycles. The van der Waals surface area contributed by atoms with Gasteiger partial charge in [0.25, 0.3) is 0 Å². The van der Waals surface area contributed by atoms with Crippen LogP contribution >= 0.6 is 0 Å². The number of hydrogen-bond donors (Lipinski definition) is 0. The lowest BCUT2D eigenvalue weighted by Gasteiger charge is -2.33. The average Bonchev–Trinajstić information content (AvgIpc) is 2.93. The number of benzene rings is 3. The molecule has 0 heterocycles. The van der Waals surface area contributed by atoms with Crippen molar-refractivity contribution in [2.75, 3.05) is 26.2 Å². The molecule has 2 nitrogen and oxygen atoms in total. The largest absolute Gasteiger partial charge is 0.372 e. The fourth-order valence-corrected chi connectivity index (χ4v) is 4.71. The van der Waals surface area contributed by atoms with Crippen molar-refractivity contribution >= 4 is 22.2 Å². The van der Waals surface area contributed by atoms with Crippen LogP contribution in [0.2, 0.25) is 0 Å². The first-order chi connectivity index (χ1) is 17.7. The Morgan fingerprint density at radius 1 is 0.694 bits per heavy atom. The Balaban J connectivity index is 0.00000109. The lowest BCUT2D eigenvalue weighted by molar-refractivity contribution is 0.349. The lowest BCUT2D eigenvalue weighted by Crippen LogP contribution is -2.29. The standard InChI is InChI=1S/C30H36N2.2C2H6/c1-4-31(24(3)28-20-19-25-13-9-10-16-29(25)23-28)21-12-22-32(5-2)30(27-17-11-18-27)26-14-7-6-8-15-26;2*1-2/h6-10,13-16,19-20,23H,3-5,11-12,17-18,21-22H2,1-2H3;2*1-2H3. The molecular weight excluding hydrogens is 436 g/mol. The van der Waals surface area contributed by atoms with E-state index < -0.39 is 0 Å². The van der Waals surface area contributed by atoms with Gasteiger partial charge in [-0.15, -0.1) is 0 Å². The zero-order valence-electron chi connectivity index (χ0n) is 23.7. The van der Waals surface area contributed by atoms with E-state index in [4.69, 9.17) is 0 Å². The van der Waals surface area contributed by atoms with Gasteiger partial charge in [-0.05, 0) is 73.1 Å². The minimum atomic E-state index is 0.977. The van der Waals surface area contributed by atoms with Gasteiger partial charge in [0.2, 0.25) is 0 Å². The van der Waals surface area contributed by atoms with E-state index in [1.165, 1.54) is 46.9 Å². The second-order valence-corrected chi connectivity index (χ2v) is 8.69. The quantitative estimate of drug-likeness (QED) is 0.283. The first kappa shape index (κ1) is 29.2. The van der Waals surface area contributed by atoms with Crippen molar-refractivity contribution in [2.24, 2.45) is 0 Å². The van der Waals surface area contributed by atoms with E-state index in [1.54, 1.807) is 5.57 Å². The van der Waals surface area contributed by atoms with Gasteiger partial charge in [-0.3, -0.25) is 0 Å². The molecule has 0 amide bonds. The predicted molar refractivity (Wildman–Crippen MR) is 162 cm³/mol. The summed E-state index contributed by atoms with van der Waals surface area (Å²) >= 11 is 0. The fraction of sp³-hybridized carbons (Fsp3) is 0.412. The maximum atomic E-state index is 4.46. The van der Waals surface area contributed by atoms with Gasteiger partial charge in [0.05, 0.1) is 0 Å². The molecule has 194 valence electrons. The molecule has 1 saturated carbocycles. The van der Waals surface area contributed by atoms with Gasteiger partial charge in [0.15, 0.2) is 0 Å². The monoisotopic (exact) mass is 484 g/mol. The summed E-state index contributed by atoms with van der Waals surface area (Å²) in [6, 6.07) is 26.2. The molecule has 36 heavy (non-hydrogen) atoms. The van der Waals surface area contributed by atoms with Crippen molar-refractivity contribution in [3.8, 4) is 0 Å². The van der Waals surface area contributed by atoms with Crippen molar-refractivity contribution in [1.29, 1.82) is 0 Å². The molecule has 1 fully saturated rings. The minimum Gasteiger partial charge on any atom is -0.372 e. The van der Waals surface area contributed by atoms with Crippen LogP contribution in [0.3, 0.4) is 0 Å². The highest BCUT2D eigenvalue weighted by Crippen LogP contribution is 2.35. The Morgan fingerprint density at radius 2 is 1.28 bits per heavy atom. The van der Waals surface area contributed by atoms with Gasteiger partial charge in [0.1, 0.15) is 0 Å². The third kappa shape index (κ3) is 7.50. The molecular formula is C34H48N2. The highest BCUT2D eigenvalue weighted by atomic mass is 15.2. The van der Waals surface area contributed by atoms with Gasteiger partial charge in [0, 0.05) is 37.6 Å². The first-order valence-corrected chi connectivity index (χ1v) is 14.2. The summed E-state index contributed by atoms with van der Waals surface area (Å²) in [5.74, 6) is 0. The fourth-order valence-electron chi connectivity index (χ4n) is 4.71. The number of allylic oxidation sites excluding steroid dienone is 1. The summed E-state index contributed by atoms with van der Waals surface area (Å²) in [7, 11) is 0. The number of rotatable bonds is 10. The van der Waals surface area contributed by atoms with Gasteiger partial charge in [-0.25, -0.2) is 0 Å². The van der Waals surface area contributed by atoms with Crippen LogP contribution in [0.25, 0.3) is 22.2 Å². The number of nitrogens with zero attached hydrogens (tertiary/aromatic N) is 2. The molecule has 4 rings (SSSR count). The van der Waals surface area contributed by atoms with E-state index in [0.717, 1.165) is 38.3 Å². The summed E-state index contributed by atoms with van der Waals surface area (Å²) in [6.45, 7) is 21.1. The molecule has 0 unspecified atom stereocenters. The molecule has 3 aromatic carbocycles. The minimum absolute atomic E-state index is 0.977. The predicted octanol–water partition coefficient (Wildman–Crippen LogP) is 9.49. The molecule has 0 aromatic heterocycles. The van der Waals surface area contributed by atoms with Crippen molar-refractivity contribution in [3.63, 3.8) is 0 Å². The molecule has 0 atom stereocenters. The zero-order chi connectivity index (χ0) is 26.3. The second kappa shape index (κ2) is 15.9. The van der Waals surface area contributed by atoms with Crippen LogP contribution in [-0.4, -0.2) is 36.0 Å². The summed E-state index contributed by atoms with van der Waals surface area (Å²) in [4.78, 5) is 5.02. The summed E-state index contributed by atoms with van der Waals surface area (Å²) in [5.41, 5.74) is 6.83. The molecule has 0 aliphatic heterocycles. The third-order valence-corrected chi connectivity index (χ3v) is 6.74. The molecule has 2 heteroatoms. The number of fused-ring (bicyclic) bond motifs is 1. The van der Waals surface area contributed by atoms with Crippen LogP contribution in [0.15, 0.2) is 84.9 Å². The van der Waals surface area contributed by atoms with E-state index in [9.17, 15) is 0 Å². The van der Waals surface area contributed by atoms with E-state index in [2.05, 4.69) is 103 Å². The smallest absolute Gasteiger partial charge is 0.0431 e. The van der Waals surface area contributed by atoms with E-state index in [1.807, 2.05) is 27.7 Å². The molecule has 0 spiro atoms. The normalized spacial score (nSPS) is 11.9. The van der Waals surface area contributed by atoms with Crippen LogP contribution in [-0.2, 0) is 0 Å². The van der Waals surface area contributed by atoms with Gasteiger partial charge in [-0.1, -0.05) is 101 Å².